The summed E-state index contributed by atoms with van der Waals surface area (Å²) in [7, 11) is 0. The predicted octanol–water partition coefficient (Wildman–Crippen LogP) is 5.12. The third kappa shape index (κ3) is 4.50. The van der Waals surface area contributed by atoms with E-state index >= 15 is 4.39 Å². The maximum absolute atomic E-state index is 15.4. The average Bonchev–Trinajstić information content (AvgIpc) is 3.71. The number of ether oxygens (including phenoxy) is 1. The van der Waals surface area contributed by atoms with Crippen LogP contribution in [-0.2, 0) is 16.1 Å². The van der Waals surface area contributed by atoms with Gasteiger partial charge in [-0.3, -0.25) is 9.20 Å². The Bertz CT molecular complexity index is 1820. The molecule has 4 aromatic rings. The number of amides is 1. The first-order valence-corrected chi connectivity index (χ1v) is 13.2. The number of carbonyl (C=O) groups is 1. The summed E-state index contributed by atoms with van der Waals surface area (Å²) in [6.45, 7) is 5.32. The highest BCUT2D eigenvalue weighted by atomic mass is 19.4. The molecule has 42 heavy (non-hydrogen) atoms. The molecule has 1 saturated carbocycles. The lowest BCUT2D eigenvalue weighted by Gasteiger charge is -2.26. The van der Waals surface area contributed by atoms with Gasteiger partial charge in [0.05, 0.1) is 29.7 Å². The molecule has 0 saturated heterocycles. The van der Waals surface area contributed by atoms with Crippen LogP contribution >= 0.6 is 0 Å². The lowest BCUT2D eigenvalue weighted by Crippen LogP contribution is -2.49. The van der Waals surface area contributed by atoms with Crippen molar-refractivity contribution in [3.05, 3.63) is 58.9 Å². The second-order valence-electron chi connectivity index (χ2n) is 11.0. The van der Waals surface area contributed by atoms with E-state index in [1.54, 1.807) is 34.4 Å². The Kier molecular flexibility index (Phi) is 6.38. The first-order chi connectivity index (χ1) is 19.8. The maximum Gasteiger partial charge on any atom is 0.403 e. The van der Waals surface area contributed by atoms with Crippen LogP contribution in [0.2, 0.25) is 0 Å². The molecule has 0 radical (unpaired) electrons. The summed E-state index contributed by atoms with van der Waals surface area (Å²) in [5, 5.41) is 10.5. The van der Waals surface area contributed by atoms with Crippen molar-refractivity contribution in [1.82, 2.24) is 24.9 Å². The van der Waals surface area contributed by atoms with Gasteiger partial charge < -0.3 is 15.0 Å². The summed E-state index contributed by atoms with van der Waals surface area (Å²) < 4.78 is 77.6. The lowest BCUT2D eigenvalue weighted by atomic mass is 9.99. The zero-order chi connectivity index (χ0) is 30.0. The molecule has 1 aliphatic carbocycles. The largest absolute Gasteiger partial charge is 0.403 e. The molecule has 1 amide bonds. The van der Waals surface area contributed by atoms with Gasteiger partial charge in [-0.25, -0.2) is 8.78 Å². The van der Waals surface area contributed by atoms with Gasteiger partial charge in [-0.05, 0) is 57.9 Å². The van der Waals surface area contributed by atoms with Crippen molar-refractivity contribution in [2.75, 3.05) is 18.1 Å². The number of nitrogens with one attached hydrogen (secondary N) is 1. The van der Waals surface area contributed by atoms with Gasteiger partial charge in [0, 0.05) is 23.4 Å². The Balaban J connectivity index is 1.42. The first-order valence-electron chi connectivity index (χ1n) is 13.2. The summed E-state index contributed by atoms with van der Waals surface area (Å²) in [4.78, 5) is 18.8. The van der Waals surface area contributed by atoms with Gasteiger partial charge in [0.15, 0.2) is 11.6 Å². The van der Waals surface area contributed by atoms with Crippen LogP contribution in [0.1, 0.15) is 43.6 Å². The number of hydrogen-bond acceptors (Lipinski definition) is 6. The number of halogens is 5. The maximum atomic E-state index is 15.4. The van der Waals surface area contributed by atoms with Crippen LogP contribution in [0.5, 0.6) is 0 Å². The van der Waals surface area contributed by atoms with Gasteiger partial charge >= 0.3 is 6.18 Å². The molecule has 1 aliphatic heterocycles. The molecule has 1 N–H and O–H groups in total. The fourth-order valence-corrected chi connectivity index (χ4v) is 5.18. The Morgan fingerprint density at radius 1 is 1.12 bits per heavy atom. The van der Waals surface area contributed by atoms with E-state index in [0.29, 0.717) is 28.2 Å². The van der Waals surface area contributed by atoms with Gasteiger partial charge in [0.2, 0.25) is 5.91 Å². The molecule has 218 valence electrons. The highest BCUT2D eigenvalue weighted by Crippen LogP contribution is 2.57. The van der Waals surface area contributed by atoms with Gasteiger partial charge in [-0.1, -0.05) is 17.9 Å². The molecular formula is C29H25F5N6O2. The Morgan fingerprint density at radius 3 is 2.60 bits per heavy atom. The van der Waals surface area contributed by atoms with Crippen LogP contribution in [0, 0.1) is 35.8 Å². The van der Waals surface area contributed by atoms with Crippen LogP contribution in [0.25, 0.3) is 16.7 Å². The SMILES string of the molecule is Cc1nnc2nc(N3CCOCc4c(C#CC(C)(C)NC(=O)C5(C(F)(F)F)CC5)cccc43)c3c(F)c(F)ccc3n12. The third-order valence-electron chi connectivity index (χ3n) is 7.62. The molecule has 0 bridgehead atoms. The predicted molar refractivity (Wildman–Crippen MR) is 143 cm³/mol. The van der Waals surface area contributed by atoms with E-state index in [-0.39, 0.29) is 49.6 Å². The van der Waals surface area contributed by atoms with Crippen molar-refractivity contribution in [1.29, 1.82) is 0 Å². The Hall–Kier alpha value is -4.31. The highest BCUT2D eigenvalue weighted by Gasteiger charge is 2.68. The van der Waals surface area contributed by atoms with Crippen LogP contribution in [0.4, 0.5) is 33.5 Å². The molecule has 6 rings (SSSR count). The van der Waals surface area contributed by atoms with Gasteiger partial charge in [0.1, 0.15) is 17.1 Å². The normalized spacial score (nSPS) is 16.5. The molecule has 2 aromatic carbocycles. The standard InChI is InChI=1S/C29H25F5N6O2/c1-16-37-38-26-35-24(22-21(40(16)26)8-7-19(30)23(22)31)39-13-14-42-15-18-17(5-4-6-20(18)39)9-10-27(2,3)36-25(41)28(11-12-28)29(32,33)34/h4-8H,11-15H2,1-3H3,(H,36,41). The topological polar surface area (TPSA) is 84.7 Å². The second kappa shape index (κ2) is 9.62. The number of carbonyl (C=O) groups excluding carboxylic acids is 1. The van der Waals surface area contributed by atoms with E-state index < -0.39 is 34.7 Å². The van der Waals surface area contributed by atoms with Gasteiger partial charge in [-0.15, -0.1) is 10.2 Å². The fraction of sp³-hybridized carbons (Fsp3) is 0.379. The van der Waals surface area contributed by atoms with E-state index in [9.17, 15) is 22.4 Å². The minimum Gasteiger partial charge on any atom is -0.375 e. The summed E-state index contributed by atoms with van der Waals surface area (Å²) in [5.74, 6) is 3.44. The zero-order valence-corrected chi connectivity index (χ0v) is 22.9. The number of anilines is 2. The number of fused-ring (bicyclic) bond motifs is 4. The zero-order valence-electron chi connectivity index (χ0n) is 22.9. The van der Waals surface area contributed by atoms with Crippen molar-refractivity contribution >= 4 is 34.1 Å². The number of aryl methyl sites for hydroxylation is 1. The van der Waals surface area contributed by atoms with Crippen LogP contribution in [-0.4, -0.2) is 50.4 Å². The summed E-state index contributed by atoms with van der Waals surface area (Å²) in [5.41, 5.74) is -1.62. The van der Waals surface area contributed by atoms with Crippen molar-refractivity contribution in [3.63, 3.8) is 0 Å². The molecule has 8 nitrogen and oxygen atoms in total. The van der Waals surface area contributed by atoms with Crippen molar-refractivity contribution in [2.24, 2.45) is 5.41 Å². The Labute approximate surface area is 236 Å². The molecule has 2 aromatic heterocycles. The van der Waals surface area contributed by atoms with Crippen LogP contribution in [0.3, 0.4) is 0 Å². The number of benzene rings is 2. The number of rotatable bonds is 3. The van der Waals surface area contributed by atoms with Gasteiger partial charge in [-0.2, -0.15) is 18.2 Å². The van der Waals surface area contributed by atoms with E-state index in [1.807, 2.05) is 0 Å². The minimum atomic E-state index is -4.63. The lowest BCUT2D eigenvalue weighted by molar-refractivity contribution is -0.192. The number of hydrogen-bond donors (Lipinski definition) is 1. The highest BCUT2D eigenvalue weighted by molar-refractivity contribution is 5.94. The smallest absolute Gasteiger partial charge is 0.375 e. The van der Waals surface area contributed by atoms with Crippen molar-refractivity contribution < 1.29 is 31.5 Å². The summed E-state index contributed by atoms with van der Waals surface area (Å²) in [6, 6.07) is 7.68. The number of alkyl halides is 3. The molecule has 13 heteroatoms. The summed E-state index contributed by atoms with van der Waals surface area (Å²) >= 11 is 0. The Morgan fingerprint density at radius 2 is 1.88 bits per heavy atom. The van der Waals surface area contributed by atoms with Crippen molar-refractivity contribution in [3.8, 4) is 11.8 Å². The van der Waals surface area contributed by atoms with E-state index in [0.717, 1.165) is 6.07 Å². The van der Waals surface area contributed by atoms with Crippen LogP contribution < -0.4 is 10.2 Å². The van der Waals surface area contributed by atoms with E-state index in [2.05, 4.69) is 32.3 Å². The summed E-state index contributed by atoms with van der Waals surface area (Å²) in [6.07, 6.45) is -5.13. The minimum absolute atomic E-state index is 0.0581. The van der Waals surface area contributed by atoms with E-state index in [4.69, 9.17) is 4.74 Å². The number of nitrogens with zero attached hydrogens (tertiary/aromatic N) is 5. The molecule has 0 atom stereocenters. The van der Waals surface area contributed by atoms with Crippen LogP contribution in [0.15, 0.2) is 30.3 Å². The number of aromatic nitrogens is 4. The average molecular weight is 585 g/mol. The molecule has 2 aliphatic rings. The molecule has 0 unspecified atom stereocenters. The molecular weight excluding hydrogens is 559 g/mol. The van der Waals surface area contributed by atoms with Gasteiger partial charge in [0.25, 0.3) is 5.78 Å². The molecule has 1 fully saturated rings. The monoisotopic (exact) mass is 584 g/mol. The quantitative estimate of drug-likeness (QED) is 0.266. The first kappa shape index (κ1) is 27.8. The van der Waals surface area contributed by atoms with Crippen molar-refractivity contribution in [2.45, 2.75) is 51.9 Å². The van der Waals surface area contributed by atoms with E-state index in [1.165, 1.54) is 19.9 Å². The molecule has 3 heterocycles. The third-order valence-corrected chi connectivity index (χ3v) is 7.62. The fourth-order valence-electron chi connectivity index (χ4n) is 5.18. The molecule has 0 spiro atoms. The second-order valence-corrected chi connectivity index (χ2v) is 11.0.